The molecule has 174 valence electrons. The van der Waals surface area contributed by atoms with Gasteiger partial charge < -0.3 is 4.42 Å². The average Bonchev–Trinajstić information content (AvgIpc) is 2.87. The molecule has 0 aliphatic rings. The highest BCUT2D eigenvalue weighted by Crippen LogP contribution is 2.32. The zero-order chi connectivity index (χ0) is 24.4. The summed E-state index contributed by atoms with van der Waals surface area (Å²) >= 11 is 1.46. The van der Waals surface area contributed by atoms with Crippen LogP contribution in [0.5, 0.6) is 0 Å². The maximum Gasteiger partial charge on any atom is 0.336 e. The topological polar surface area (TPSA) is 68.9 Å². The molecule has 0 saturated carbocycles. The first-order valence-electron chi connectivity index (χ1n) is 11.5. The van der Waals surface area contributed by atoms with Crippen molar-refractivity contribution in [2.24, 2.45) is 0 Å². The molecule has 35 heavy (non-hydrogen) atoms. The molecule has 2 aromatic heterocycles. The molecule has 0 radical (unpaired) electrons. The molecule has 0 unspecified atom stereocenters. The molecule has 0 bridgehead atoms. The number of fused-ring (bicyclic) bond motifs is 1. The van der Waals surface area contributed by atoms with Crippen LogP contribution in [0.3, 0.4) is 0 Å². The van der Waals surface area contributed by atoms with Crippen molar-refractivity contribution in [2.75, 3.05) is 0 Å². The second-order valence-corrected chi connectivity index (χ2v) is 9.71. The summed E-state index contributed by atoms with van der Waals surface area (Å²) in [6.45, 7) is 6.39. The standard InChI is InChI=1S/C29H25N3O2S/c1-18(2)23-16-24-22(15-26(33)34-25(24)14-19(23)3)17-35-29-30-27(20-10-6-4-7-11-20)28(31-32-29)21-12-8-5-9-13-21/h4-16,18H,17H2,1-3H3. The third-order valence-electron chi connectivity index (χ3n) is 5.96. The lowest BCUT2D eigenvalue weighted by Gasteiger charge is -2.13. The van der Waals surface area contributed by atoms with Gasteiger partial charge in [0.05, 0.1) is 0 Å². The minimum absolute atomic E-state index is 0.353. The van der Waals surface area contributed by atoms with Crippen LogP contribution in [0.25, 0.3) is 33.5 Å². The van der Waals surface area contributed by atoms with Gasteiger partial charge in [0.25, 0.3) is 0 Å². The molecule has 0 atom stereocenters. The Kier molecular flexibility index (Phi) is 6.47. The number of hydrogen-bond donors (Lipinski definition) is 0. The van der Waals surface area contributed by atoms with Crippen molar-refractivity contribution >= 4 is 22.7 Å². The monoisotopic (exact) mass is 479 g/mol. The molecule has 0 aliphatic heterocycles. The Morgan fingerprint density at radius 2 is 1.51 bits per heavy atom. The normalized spacial score (nSPS) is 11.3. The van der Waals surface area contributed by atoms with Crippen molar-refractivity contribution in [3.63, 3.8) is 0 Å². The highest BCUT2D eigenvalue weighted by atomic mass is 32.2. The molecule has 0 fully saturated rings. The van der Waals surface area contributed by atoms with Gasteiger partial charge in [0.15, 0.2) is 0 Å². The summed E-state index contributed by atoms with van der Waals surface area (Å²) in [5, 5.41) is 10.5. The van der Waals surface area contributed by atoms with E-state index in [1.54, 1.807) is 6.07 Å². The summed E-state index contributed by atoms with van der Waals surface area (Å²) in [6.07, 6.45) is 0. The van der Waals surface area contributed by atoms with E-state index >= 15 is 0 Å². The van der Waals surface area contributed by atoms with Crippen LogP contribution in [0.2, 0.25) is 0 Å². The van der Waals surface area contributed by atoms with Gasteiger partial charge in [-0.05, 0) is 41.7 Å². The molecule has 5 rings (SSSR count). The predicted octanol–water partition coefficient (Wildman–Crippen LogP) is 7.04. The van der Waals surface area contributed by atoms with Crippen LogP contribution in [-0.4, -0.2) is 15.2 Å². The van der Waals surface area contributed by atoms with Crippen molar-refractivity contribution in [1.29, 1.82) is 0 Å². The van der Waals surface area contributed by atoms with Crippen molar-refractivity contribution in [3.8, 4) is 22.5 Å². The van der Waals surface area contributed by atoms with Gasteiger partial charge in [0, 0.05) is 28.3 Å². The summed E-state index contributed by atoms with van der Waals surface area (Å²) < 4.78 is 5.50. The Morgan fingerprint density at radius 3 is 2.17 bits per heavy atom. The molecule has 0 spiro atoms. The van der Waals surface area contributed by atoms with Crippen LogP contribution in [0.4, 0.5) is 0 Å². The maximum atomic E-state index is 12.3. The molecular weight excluding hydrogens is 454 g/mol. The van der Waals surface area contributed by atoms with E-state index in [9.17, 15) is 4.79 Å². The first kappa shape index (κ1) is 23.0. The smallest absolute Gasteiger partial charge is 0.336 e. The van der Waals surface area contributed by atoms with Gasteiger partial charge in [0.1, 0.15) is 17.0 Å². The van der Waals surface area contributed by atoms with Gasteiger partial charge in [0.2, 0.25) is 5.16 Å². The van der Waals surface area contributed by atoms with Crippen molar-refractivity contribution in [3.05, 3.63) is 106 Å². The predicted molar refractivity (Wildman–Crippen MR) is 142 cm³/mol. The molecule has 3 aromatic carbocycles. The lowest BCUT2D eigenvalue weighted by Crippen LogP contribution is -2.03. The number of hydrogen-bond acceptors (Lipinski definition) is 6. The van der Waals surface area contributed by atoms with Gasteiger partial charge in [-0.25, -0.2) is 9.78 Å². The van der Waals surface area contributed by atoms with Crippen LogP contribution >= 0.6 is 11.8 Å². The van der Waals surface area contributed by atoms with Crippen LogP contribution in [0.15, 0.2) is 93.2 Å². The Morgan fingerprint density at radius 1 is 0.857 bits per heavy atom. The first-order valence-corrected chi connectivity index (χ1v) is 12.5. The largest absolute Gasteiger partial charge is 0.423 e. The van der Waals surface area contributed by atoms with Crippen LogP contribution in [-0.2, 0) is 5.75 Å². The van der Waals surface area contributed by atoms with Gasteiger partial charge in [-0.2, -0.15) is 0 Å². The fourth-order valence-corrected chi connectivity index (χ4v) is 5.01. The molecule has 0 saturated heterocycles. The van der Waals surface area contributed by atoms with E-state index in [0.717, 1.165) is 39.0 Å². The number of aryl methyl sites for hydroxylation is 1. The second kappa shape index (κ2) is 9.84. The van der Waals surface area contributed by atoms with Gasteiger partial charge >= 0.3 is 5.63 Å². The maximum absolute atomic E-state index is 12.3. The zero-order valence-corrected chi connectivity index (χ0v) is 20.7. The van der Waals surface area contributed by atoms with E-state index < -0.39 is 0 Å². The summed E-state index contributed by atoms with van der Waals surface area (Å²) in [5.74, 6) is 0.904. The van der Waals surface area contributed by atoms with Crippen molar-refractivity contribution in [1.82, 2.24) is 15.2 Å². The molecule has 0 N–H and O–H groups in total. The molecule has 6 heteroatoms. The van der Waals surface area contributed by atoms with Crippen LogP contribution in [0, 0.1) is 6.92 Å². The summed E-state index contributed by atoms with van der Waals surface area (Å²) in [5.41, 5.74) is 6.99. The first-order chi connectivity index (χ1) is 17.0. The number of benzene rings is 3. The van der Waals surface area contributed by atoms with Gasteiger partial charge in [-0.1, -0.05) is 86.3 Å². The molecule has 2 heterocycles. The zero-order valence-electron chi connectivity index (χ0n) is 19.9. The third-order valence-corrected chi connectivity index (χ3v) is 6.84. The minimum atomic E-state index is -0.353. The summed E-state index contributed by atoms with van der Waals surface area (Å²) in [7, 11) is 0. The quantitative estimate of drug-likeness (QED) is 0.192. The minimum Gasteiger partial charge on any atom is -0.423 e. The Labute approximate surface area is 208 Å². The Bertz CT molecular complexity index is 1550. The highest BCUT2D eigenvalue weighted by Gasteiger charge is 2.16. The number of thioether (sulfide) groups is 1. The molecule has 5 aromatic rings. The van der Waals surface area contributed by atoms with E-state index in [2.05, 4.69) is 37.0 Å². The fraction of sp³-hybridized carbons (Fsp3) is 0.172. The fourth-order valence-electron chi connectivity index (χ4n) is 4.24. The second-order valence-electron chi connectivity index (χ2n) is 8.76. The Hall–Kier alpha value is -3.77. The van der Waals surface area contributed by atoms with Crippen molar-refractivity contribution in [2.45, 2.75) is 37.6 Å². The van der Waals surface area contributed by atoms with Gasteiger partial charge in [-0.15, -0.1) is 10.2 Å². The lowest BCUT2D eigenvalue weighted by molar-refractivity contribution is 0.559. The van der Waals surface area contributed by atoms with Crippen LogP contribution in [0.1, 0.15) is 36.5 Å². The molecule has 5 nitrogen and oxygen atoms in total. The average molecular weight is 480 g/mol. The van der Waals surface area contributed by atoms with Gasteiger partial charge in [-0.3, -0.25) is 0 Å². The van der Waals surface area contributed by atoms with Crippen molar-refractivity contribution < 1.29 is 4.42 Å². The third kappa shape index (κ3) is 4.88. The van der Waals surface area contributed by atoms with E-state index in [4.69, 9.17) is 9.40 Å². The number of nitrogens with zero attached hydrogens (tertiary/aromatic N) is 3. The van der Waals surface area contributed by atoms with Crippen LogP contribution < -0.4 is 5.63 Å². The lowest BCUT2D eigenvalue weighted by atomic mass is 9.95. The SMILES string of the molecule is Cc1cc2oc(=O)cc(CSc3nnc(-c4ccccc4)c(-c4ccccc4)n3)c2cc1C(C)C. The molecule has 0 amide bonds. The molecular formula is C29H25N3O2S. The number of rotatable bonds is 6. The van der Waals surface area contributed by atoms with E-state index in [1.807, 2.05) is 66.7 Å². The van der Waals surface area contributed by atoms with E-state index in [1.165, 1.54) is 17.3 Å². The highest BCUT2D eigenvalue weighted by molar-refractivity contribution is 7.98. The summed E-state index contributed by atoms with van der Waals surface area (Å²) in [4.78, 5) is 17.2. The van der Waals surface area contributed by atoms with E-state index in [-0.39, 0.29) is 5.63 Å². The molecule has 0 aliphatic carbocycles. The summed E-state index contributed by atoms with van der Waals surface area (Å²) in [6, 6.07) is 25.6. The number of aromatic nitrogens is 3. The van der Waals surface area contributed by atoms with E-state index in [0.29, 0.717) is 22.4 Å². The Balaban J connectivity index is 1.53.